The number of carbonyl (C=O) groups excluding carboxylic acids is 1. The van der Waals surface area contributed by atoms with Crippen molar-refractivity contribution in [1.29, 1.82) is 0 Å². The molecule has 0 aromatic heterocycles. The molecule has 0 unspecified atom stereocenters. The van der Waals surface area contributed by atoms with Crippen molar-refractivity contribution in [3.8, 4) is 0 Å². The van der Waals surface area contributed by atoms with Gasteiger partial charge in [0.1, 0.15) is 5.82 Å². The van der Waals surface area contributed by atoms with Crippen LogP contribution in [0.15, 0.2) is 18.2 Å². The first-order chi connectivity index (χ1) is 8.08. The van der Waals surface area contributed by atoms with Crippen molar-refractivity contribution in [3.05, 3.63) is 35.1 Å². The molecule has 0 atom stereocenters. The first-order valence-electron chi connectivity index (χ1n) is 5.89. The summed E-state index contributed by atoms with van der Waals surface area (Å²) in [6.45, 7) is 3.15. The average molecular weight is 273 g/mol. The Morgan fingerprint density at radius 1 is 1.39 bits per heavy atom. The fourth-order valence-electron chi connectivity index (χ4n) is 2.10. The van der Waals surface area contributed by atoms with Gasteiger partial charge in [-0.3, -0.25) is 4.79 Å². The number of hydrogen-bond donors (Lipinski definition) is 1. The Morgan fingerprint density at radius 2 is 2.00 bits per heavy atom. The van der Waals surface area contributed by atoms with Crippen molar-refractivity contribution in [1.82, 2.24) is 4.90 Å². The van der Waals surface area contributed by atoms with Gasteiger partial charge in [-0.05, 0) is 37.5 Å². The quantitative estimate of drug-likeness (QED) is 0.851. The van der Waals surface area contributed by atoms with E-state index in [4.69, 9.17) is 5.73 Å². The third-order valence-corrected chi connectivity index (χ3v) is 3.26. The summed E-state index contributed by atoms with van der Waals surface area (Å²) in [6, 6.07) is 4.51. The maximum Gasteiger partial charge on any atom is 0.254 e. The average Bonchev–Trinajstić information content (AvgIpc) is 2.32. The molecule has 18 heavy (non-hydrogen) atoms. The van der Waals surface area contributed by atoms with Gasteiger partial charge in [0.15, 0.2) is 0 Å². The van der Waals surface area contributed by atoms with E-state index in [9.17, 15) is 9.18 Å². The summed E-state index contributed by atoms with van der Waals surface area (Å²) in [5.41, 5.74) is 7.06. The van der Waals surface area contributed by atoms with Gasteiger partial charge in [0.2, 0.25) is 0 Å². The highest BCUT2D eigenvalue weighted by atomic mass is 35.5. The minimum Gasteiger partial charge on any atom is -0.339 e. The van der Waals surface area contributed by atoms with Gasteiger partial charge in [-0.1, -0.05) is 6.07 Å². The summed E-state index contributed by atoms with van der Waals surface area (Å²) in [6.07, 6.45) is 1.64. The topological polar surface area (TPSA) is 46.3 Å². The fraction of sp³-hybridized carbons (Fsp3) is 0.462. The second-order valence-electron chi connectivity index (χ2n) is 4.59. The van der Waals surface area contributed by atoms with E-state index in [0.29, 0.717) is 18.7 Å². The van der Waals surface area contributed by atoms with E-state index in [-0.39, 0.29) is 30.2 Å². The van der Waals surface area contributed by atoms with Gasteiger partial charge in [0, 0.05) is 24.7 Å². The van der Waals surface area contributed by atoms with E-state index in [2.05, 4.69) is 0 Å². The van der Waals surface area contributed by atoms with Gasteiger partial charge in [0.05, 0.1) is 0 Å². The maximum absolute atomic E-state index is 13.1. The zero-order valence-corrected chi connectivity index (χ0v) is 11.2. The van der Waals surface area contributed by atoms with Gasteiger partial charge < -0.3 is 10.6 Å². The molecule has 2 N–H and O–H groups in total. The second-order valence-corrected chi connectivity index (χ2v) is 4.59. The highest BCUT2D eigenvalue weighted by Crippen LogP contribution is 2.16. The lowest BCUT2D eigenvalue weighted by Crippen LogP contribution is -2.43. The van der Waals surface area contributed by atoms with Crippen LogP contribution in [0.3, 0.4) is 0 Å². The minimum absolute atomic E-state index is 0. The van der Waals surface area contributed by atoms with Crippen LogP contribution in [0, 0.1) is 12.7 Å². The molecule has 1 aromatic rings. The first-order valence-corrected chi connectivity index (χ1v) is 5.89. The third-order valence-electron chi connectivity index (χ3n) is 3.26. The number of hydrogen-bond acceptors (Lipinski definition) is 2. The lowest BCUT2D eigenvalue weighted by atomic mass is 10.0. The van der Waals surface area contributed by atoms with Crippen LogP contribution in [0.1, 0.15) is 28.8 Å². The Kier molecular flexibility index (Phi) is 5.11. The van der Waals surface area contributed by atoms with Crippen LogP contribution in [0.4, 0.5) is 4.39 Å². The van der Waals surface area contributed by atoms with Gasteiger partial charge in [-0.15, -0.1) is 12.4 Å². The van der Waals surface area contributed by atoms with Crippen molar-refractivity contribution >= 4 is 18.3 Å². The van der Waals surface area contributed by atoms with Crippen LogP contribution < -0.4 is 5.73 Å². The Bertz CT molecular complexity index is 431. The molecular formula is C13H18ClFN2O. The summed E-state index contributed by atoms with van der Waals surface area (Å²) >= 11 is 0. The van der Waals surface area contributed by atoms with Crippen LogP contribution in [-0.4, -0.2) is 29.9 Å². The van der Waals surface area contributed by atoms with Crippen molar-refractivity contribution in [2.75, 3.05) is 13.1 Å². The van der Waals surface area contributed by atoms with E-state index in [1.807, 2.05) is 6.92 Å². The molecule has 1 aromatic carbocycles. The normalized spacial score (nSPS) is 16.3. The van der Waals surface area contributed by atoms with Crippen LogP contribution >= 0.6 is 12.4 Å². The first kappa shape index (κ1) is 14.9. The Labute approximate surface area is 113 Å². The smallest absolute Gasteiger partial charge is 0.254 e. The molecule has 0 radical (unpaired) electrons. The van der Waals surface area contributed by atoms with Gasteiger partial charge >= 0.3 is 0 Å². The molecular weight excluding hydrogens is 255 g/mol. The van der Waals surface area contributed by atoms with Gasteiger partial charge in [-0.2, -0.15) is 0 Å². The second kappa shape index (κ2) is 6.16. The molecule has 5 heteroatoms. The minimum atomic E-state index is -0.368. The number of amides is 1. The summed E-state index contributed by atoms with van der Waals surface area (Å²) in [7, 11) is 0. The predicted molar refractivity (Wildman–Crippen MR) is 71.5 cm³/mol. The highest BCUT2D eigenvalue weighted by Gasteiger charge is 2.22. The lowest BCUT2D eigenvalue weighted by molar-refractivity contribution is 0.0713. The molecule has 0 bridgehead atoms. The van der Waals surface area contributed by atoms with Crippen LogP contribution in [0.5, 0.6) is 0 Å². The summed E-state index contributed by atoms with van der Waals surface area (Å²) in [4.78, 5) is 14.0. The van der Waals surface area contributed by atoms with Crippen molar-refractivity contribution in [2.45, 2.75) is 25.8 Å². The standard InChI is InChI=1S/C13H17FN2O.ClH/c1-9-2-3-10(14)8-12(9)13(17)16-6-4-11(15)5-7-16;/h2-3,8,11H,4-7,15H2,1H3;1H. The molecule has 100 valence electrons. The van der Waals surface area contributed by atoms with Crippen molar-refractivity contribution in [3.63, 3.8) is 0 Å². The van der Waals surface area contributed by atoms with Crippen LogP contribution in [-0.2, 0) is 0 Å². The molecule has 1 amide bonds. The number of nitrogens with zero attached hydrogens (tertiary/aromatic N) is 1. The highest BCUT2D eigenvalue weighted by molar-refractivity contribution is 5.95. The molecule has 1 saturated heterocycles. The summed E-state index contributed by atoms with van der Waals surface area (Å²) < 4.78 is 13.1. The molecule has 0 spiro atoms. The number of aryl methyl sites for hydroxylation is 1. The Morgan fingerprint density at radius 3 is 2.61 bits per heavy atom. The van der Waals surface area contributed by atoms with Gasteiger partial charge in [-0.25, -0.2) is 4.39 Å². The van der Waals surface area contributed by atoms with Crippen LogP contribution in [0.25, 0.3) is 0 Å². The van der Waals surface area contributed by atoms with E-state index in [0.717, 1.165) is 18.4 Å². The largest absolute Gasteiger partial charge is 0.339 e. The molecule has 1 heterocycles. The summed E-state index contributed by atoms with van der Waals surface area (Å²) in [5.74, 6) is -0.457. The van der Waals surface area contributed by atoms with E-state index < -0.39 is 0 Å². The zero-order chi connectivity index (χ0) is 12.4. The number of likely N-dealkylation sites (tertiary alicyclic amines) is 1. The van der Waals surface area contributed by atoms with Gasteiger partial charge in [0.25, 0.3) is 5.91 Å². The molecule has 1 fully saturated rings. The number of piperidine rings is 1. The monoisotopic (exact) mass is 272 g/mol. The fourth-order valence-corrected chi connectivity index (χ4v) is 2.10. The molecule has 3 nitrogen and oxygen atoms in total. The molecule has 1 aliphatic heterocycles. The van der Waals surface area contributed by atoms with Crippen molar-refractivity contribution in [2.24, 2.45) is 5.73 Å². The number of rotatable bonds is 1. The Balaban J connectivity index is 0.00000162. The number of halogens is 2. The van der Waals surface area contributed by atoms with E-state index in [1.54, 1.807) is 11.0 Å². The third kappa shape index (κ3) is 3.21. The molecule has 1 aliphatic rings. The molecule has 2 rings (SSSR count). The Hall–Kier alpha value is -1.13. The molecule has 0 saturated carbocycles. The molecule has 0 aliphatic carbocycles. The SMILES string of the molecule is Cc1ccc(F)cc1C(=O)N1CCC(N)CC1.Cl. The van der Waals surface area contributed by atoms with E-state index in [1.165, 1.54) is 12.1 Å². The number of carbonyl (C=O) groups is 1. The summed E-state index contributed by atoms with van der Waals surface area (Å²) in [5, 5.41) is 0. The predicted octanol–water partition coefficient (Wildman–Crippen LogP) is 2.12. The number of nitrogens with two attached hydrogens (primary N) is 1. The van der Waals surface area contributed by atoms with Crippen LogP contribution in [0.2, 0.25) is 0 Å². The van der Waals surface area contributed by atoms with E-state index >= 15 is 0 Å². The number of benzene rings is 1. The zero-order valence-electron chi connectivity index (χ0n) is 10.4. The van der Waals surface area contributed by atoms with Crippen molar-refractivity contribution < 1.29 is 9.18 Å². The maximum atomic E-state index is 13.1. The lowest BCUT2D eigenvalue weighted by Gasteiger charge is -2.30.